The highest BCUT2D eigenvalue weighted by Crippen LogP contribution is 2.27. The number of hydrogen-bond acceptors (Lipinski definition) is 3. The van der Waals surface area contributed by atoms with E-state index in [1.165, 1.54) is 0 Å². The van der Waals surface area contributed by atoms with Crippen molar-refractivity contribution in [3.63, 3.8) is 0 Å². The molecule has 2 rings (SSSR count). The summed E-state index contributed by atoms with van der Waals surface area (Å²) in [7, 11) is 1.57. The Balaban J connectivity index is 2.08. The molecule has 0 spiro atoms. The van der Waals surface area contributed by atoms with Crippen LogP contribution in [0.2, 0.25) is 5.02 Å². The molecule has 4 nitrogen and oxygen atoms in total. The highest BCUT2D eigenvalue weighted by molar-refractivity contribution is 6.32. The van der Waals surface area contributed by atoms with E-state index in [1.807, 2.05) is 19.1 Å². The summed E-state index contributed by atoms with van der Waals surface area (Å²) in [6, 6.07) is 7.01. The van der Waals surface area contributed by atoms with Gasteiger partial charge in [0.2, 0.25) is 0 Å². The van der Waals surface area contributed by atoms with Crippen molar-refractivity contribution < 1.29 is 9.53 Å². The number of nitrogens with one attached hydrogen (secondary N) is 1. The van der Waals surface area contributed by atoms with Crippen molar-refractivity contribution in [2.24, 2.45) is 0 Å². The summed E-state index contributed by atoms with van der Waals surface area (Å²) >= 11 is 6.09. The Morgan fingerprint density at radius 1 is 1.35 bits per heavy atom. The highest BCUT2D eigenvalue weighted by atomic mass is 35.5. The maximum Gasteiger partial charge on any atom is 0.251 e. The fourth-order valence-electron chi connectivity index (χ4n) is 1.82. The maximum atomic E-state index is 11.9. The van der Waals surface area contributed by atoms with Crippen molar-refractivity contribution in [3.8, 4) is 5.75 Å². The Bertz CT molecular complexity index is 615. The van der Waals surface area contributed by atoms with Gasteiger partial charge in [-0.2, -0.15) is 0 Å². The lowest BCUT2D eigenvalue weighted by Gasteiger charge is -2.11. The number of rotatable bonds is 4. The molecule has 0 aliphatic heterocycles. The monoisotopic (exact) mass is 290 g/mol. The van der Waals surface area contributed by atoms with Crippen molar-refractivity contribution in [2.75, 3.05) is 7.11 Å². The first-order valence-corrected chi connectivity index (χ1v) is 6.51. The molecule has 1 amide bonds. The Hall–Kier alpha value is -2.07. The first-order chi connectivity index (χ1) is 9.61. The molecule has 1 N–H and O–H groups in total. The molecule has 0 aliphatic carbocycles. The van der Waals surface area contributed by atoms with Gasteiger partial charge in [-0.15, -0.1) is 0 Å². The van der Waals surface area contributed by atoms with Crippen LogP contribution in [0.15, 0.2) is 36.7 Å². The van der Waals surface area contributed by atoms with E-state index in [2.05, 4.69) is 10.3 Å². The second kappa shape index (κ2) is 6.39. The summed E-state index contributed by atoms with van der Waals surface area (Å²) in [4.78, 5) is 15.8. The van der Waals surface area contributed by atoms with Crippen LogP contribution in [0.25, 0.3) is 0 Å². The summed E-state index contributed by atoms with van der Waals surface area (Å²) in [5.41, 5.74) is 2.55. The zero-order valence-corrected chi connectivity index (χ0v) is 12.1. The van der Waals surface area contributed by atoms with E-state index in [0.717, 1.165) is 11.1 Å². The number of aromatic nitrogens is 1. The van der Waals surface area contributed by atoms with Crippen molar-refractivity contribution >= 4 is 17.5 Å². The largest absolute Gasteiger partial charge is 0.495 e. The predicted octanol–water partition coefficient (Wildman–Crippen LogP) is 2.98. The molecule has 0 radical (unpaired) electrons. The first kappa shape index (κ1) is 14.3. The Morgan fingerprint density at radius 3 is 2.70 bits per heavy atom. The molecule has 104 valence electrons. The summed E-state index contributed by atoms with van der Waals surface area (Å²) in [6.07, 6.45) is 3.18. The molecule has 1 aromatic carbocycles. The minimum absolute atomic E-state index is 0.140. The van der Waals surface area contributed by atoms with E-state index in [4.69, 9.17) is 16.3 Å². The summed E-state index contributed by atoms with van der Waals surface area (Å²) in [6.45, 7) is 2.36. The SMILES string of the molecule is COc1cc(C)c(CNC(=O)c2ccncc2)cc1Cl. The van der Waals surface area contributed by atoms with E-state index in [1.54, 1.807) is 31.6 Å². The average Bonchev–Trinajstić information content (AvgIpc) is 2.48. The van der Waals surface area contributed by atoms with E-state index in [9.17, 15) is 4.79 Å². The number of amides is 1. The molecule has 0 saturated carbocycles. The summed E-state index contributed by atoms with van der Waals surface area (Å²) < 4.78 is 5.15. The van der Waals surface area contributed by atoms with Gasteiger partial charge in [-0.25, -0.2) is 0 Å². The average molecular weight is 291 g/mol. The number of nitrogens with zero attached hydrogens (tertiary/aromatic N) is 1. The number of methoxy groups -OCH3 is 1. The molecule has 5 heteroatoms. The molecule has 2 aromatic rings. The van der Waals surface area contributed by atoms with Crippen LogP contribution in [0.1, 0.15) is 21.5 Å². The van der Waals surface area contributed by atoms with Gasteiger partial charge in [-0.1, -0.05) is 11.6 Å². The van der Waals surface area contributed by atoms with E-state index in [-0.39, 0.29) is 5.91 Å². The molecule has 0 atom stereocenters. The summed E-state index contributed by atoms with van der Waals surface area (Å²) in [5.74, 6) is 0.493. The second-order valence-corrected chi connectivity index (χ2v) is 4.74. The third kappa shape index (κ3) is 3.27. The van der Waals surface area contributed by atoms with Crippen LogP contribution >= 0.6 is 11.6 Å². The molecule has 0 saturated heterocycles. The minimum atomic E-state index is -0.140. The van der Waals surface area contributed by atoms with Crippen LogP contribution in [0.4, 0.5) is 0 Å². The third-order valence-corrected chi connectivity index (χ3v) is 3.29. The van der Waals surface area contributed by atoms with Crippen LogP contribution in [0.3, 0.4) is 0 Å². The second-order valence-electron chi connectivity index (χ2n) is 4.33. The van der Waals surface area contributed by atoms with Crippen LogP contribution < -0.4 is 10.1 Å². The quantitative estimate of drug-likeness (QED) is 0.942. The van der Waals surface area contributed by atoms with Gasteiger partial charge < -0.3 is 10.1 Å². The van der Waals surface area contributed by atoms with Crippen molar-refractivity contribution in [2.45, 2.75) is 13.5 Å². The standard InChI is InChI=1S/C15H15ClN2O2/c1-10-7-14(20-2)13(16)8-12(10)9-18-15(19)11-3-5-17-6-4-11/h3-8H,9H2,1-2H3,(H,18,19). The lowest BCUT2D eigenvalue weighted by Crippen LogP contribution is -2.23. The van der Waals surface area contributed by atoms with Gasteiger partial charge in [0.25, 0.3) is 5.91 Å². The Labute approximate surface area is 122 Å². The number of benzene rings is 1. The molecule has 20 heavy (non-hydrogen) atoms. The number of carbonyl (C=O) groups is 1. The molecule has 0 unspecified atom stereocenters. The van der Waals surface area contributed by atoms with Crippen LogP contribution in [0, 0.1) is 6.92 Å². The van der Waals surface area contributed by atoms with Crippen LogP contribution in [0.5, 0.6) is 5.75 Å². The van der Waals surface area contributed by atoms with E-state index in [0.29, 0.717) is 22.9 Å². The number of halogens is 1. The van der Waals surface area contributed by atoms with Crippen molar-refractivity contribution in [3.05, 3.63) is 58.4 Å². The topological polar surface area (TPSA) is 51.2 Å². The van der Waals surface area contributed by atoms with E-state index >= 15 is 0 Å². The van der Waals surface area contributed by atoms with Crippen molar-refractivity contribution in [1.29, 1.82) is 0 Å². The Kier molecular flexibility index (Phi) is 4.58. The van der Waals surface area contributed by atoms with Gasteiger partial charge in [-0.3, -0.25) is 9.78 Å². The van der Waals surface area contributed by atoms with Gasteiger partial charge in [0, 0.05) is 24.5 Å². The molecule has 1 aromatic heterocycles. The van der Waals surface area contributed by atoms with Crippen LogP contribution in [-0.4, -0.2) is 18.0 Å². The summed E-state index contributed by atoms with van der Waals surface area (Å²) in [5, 5.41) is 3.39. The zero-order chi connectivity index (χ0) is 14.5. The number of aryl methyl sites for hydroxylation is 1. The molecular weight excluding hydrogens is 276 g/mol. The first-order valence-electron chi connectivity index (χ1n) is 6.13. The molecule has 0 fully saturated rings. The van der Waals surface area contributed by atoms with Gasteiger partial charge in [0.15, 0.2) is 0 Å². The number of hydrogen-bond donors (Lipinski definition) is 1. The van der Waals surface area contributed by atoms with Crippen LogP contribution in [-0.2, 0) is 6.54 Å². The highest BCUT2D eigenvalue weighted by Gasteiger charge is 2.09. The number of ether oxygens (including phenoxy) is 1. The Morgan fingerprint density at radius 2 is 2.05 bits per heavy atom. The zero-order valence-electron chi connectivity index (χ0n) is 11.3. The van der Waals surface area contributed by atoms with Gasteiger partial charge in [-0.05, 0) is 42.3 Å². The lowest BCUT2D eigenvalue weighted by molar-refractivity contribution is 0.0951. The fraction of sp³-hybridized carbons (Fsp3) is 0.200. The molecule has 1 heterocycles. The number of carbonyl (C=O) groups excluding carboxylic acids is 1. The molecule has 0 aliphatic rings. The predicted molar refractivity (Wildman–Crippen MR) is 78.1 cm³/mol. The lowest BCUT2D eigenvalue weighted by atomic mass is 10.1. The van der Waals surface area contributed by atoms with E-state index < -0.39 is 0 Å². The van der Waals surface area contributed by atoms with Gasteiger partial charge in [0.05, 0.1) is 12.1 Å². The van der Waals surface area contributed by atoms with Gasteiger partial charge in [0.1, 0.15) is 5.75 Å². The van der Waals surface area contributed by atoms with Gasteiger partial charge >= 0.3 is 0 Å². The molecular formula is C15H15ClN2O2. The number of pyridine rings is 1. The minimum Gasteiger partial charge on any atom is -0.495 e. The smallest absolute Gasteiger partial charge is 0.251 e. The fourth-order valence-corrected chi connectivity index (χ4v) is 2.09. The normalized spacial score (nSPS) is 10.2. The third-order valence-electron chi connectivity index (χ3n) is 2.99. The maximum absolute atomic E-state index is 11.9. The van der Waals surface area contributed by atoms with Crippen molar-refractivity contribution in [1.82, 2.24) is 10.3 Å². The molecule has 0 bridgehead atoms.